The van der Waals surface area contributed by atoms with E-state index in [1.54, 1.807) is 0 Å². The molecule has 0 aromatic heterocycles. The number of carbonyl (C=O) groups is 1. The SMILES string of the molecule is C[C@@]12Oc3ccccc3[C@]1(C)CC2=O. The Bertz CT molecular complexity index is 438. The van der Waals surface area contributed by atoms with E-state index in [2.05, 4.69) is 13.0 Å². The fourth-order valence-electron chi connectivity index (χ4n) is 2.61. The lowest BCUT2D eigenvalue weighted by molar-refractivity contribution is -0.152. The number of fused-ring (bicyclic) bond motifs is 3. The number of hydrogen-bond acceptors (Lipinski definition) is 2. The maximum absolute atomic E-state index is 11.6. The van der Waals surface area contributed by atoms with Gasteiger partial charge in [-0.05, 0) is 13.0 Å². The Balaban J connectivity index is 2.23. The molecule has 1 aliphatic heterocycles. The van der Waals surface area contributed by atoms with Crippen molar-refractivity contribution in [2.45, 2.75) is 31.3 Å². The molecule has 1 heterocycles. The molecular weight excluding hydrogens is 176 g/mol. The molecule has 0 N–H and O–H groups in total. The van der Waals surface area contributed by atoms with Gasteiger partial charge in [0.05, 0.1) is 0 Å². The van der Waals surface area contributed by atoms with Gasteiger partial charge in [0.2, 0.25) is 0 Å². The normalized spacial score (nSPS) is 38.3. The summed E-state index contributed by atoms with van der Waals surface area (Å²) in [5.41, 5.74) is 0.485. The van der Waals surface area contributed by atoms with Gasteiger partial charge in [0.25, 0.3) is 0 Å². The van der Waals surface area contributed by atoms with Crippen molar-refractivity contribution in [1.82, 2.24) is 0 Å². The molecule has 2 heteroatoms. The van der Waals surface area contributed by atoms with Gasteiger partial charge >= 0.3 is 0 Å². The molecule has 2 aliphatic rings. The van der Waals surface area contributed by atoms with E-state index in [0.29, 0.717) is 6.42 Å². The molecule has 1 aromatic carbocycles. The summed E-state index contributed by atoms with van der Waals surface area (Å²) < 4.78 is 5.76. The lowest BCUT2D eigenvalue weighted by Gasteiger charge is -2.47. The van der Waals surface area contributed by atoms with Crippen LogP contribution in [0.4, 0.5) is 0 Å². The van der Waals surface area contributed by atoms with E-state index in [9.17, 15) is 4.79 Å². The van der Waals surface area contributed by atoms with Crippen LogP contribution in [0.25, 0.3) is 0 Å². The Kier molecular flexibility index (Phi) is 1.16. The molecule has 72 valence electrons. The average molecular weight is 188 g/mol. The highest BCUT2D eigenvalue weighted by Crippen LogP contribution is 2.58. The van der Waals surface area contributed by atoms with Gasteiger partial charge in [0, 0.05) is 17.4 Å². The zero-order valence-corrected chi connectivity index (χ0v) is 8.33. The molecule has 1 aliphatic carbocycles. The van der Waals surface area contributed by atoms with Crippen LogP contribution in [-0.4, -0.2) is 11.4 Å². The smallest absolute Gasteiger partial charge is 0.178 e. The van der Waals surface area contributed by atoms with Gasteiger partial charge in [-0.2, -0.15) is 0 Å². The minimum atomic E-state index is -0.601. The van der Waals surface area contributed by atoms with Crippen LogP contribution < -0.4 is 4.74 Å². The van der Waals surface area contributed by atoms with Crippen molar-refractivity contribution in [1.29, 1.82) is 0 Å². The Hall–Kier alpha value is -1.31. The summed E-state index contributed by atoms with van der Waals surface area (Å²) in [5, 5.41) is 0. The number of ether oxygens (including phenoxy) is 1. The molecule has 0 spiro atoms. The quantitative estimate of drug-likeness (QED) is 0.623. The number of ketones is 1. The summed E-state index contributed by atoms with van der Waals surface area (Å²) in [7, 11) is 0. The van der Waals surface area contributed by atoms with Gasteiger partial charge in [-0.3, -0.25) is 4.79 Å². The number of benzene rings is 1. The monoisotopic (exact) mass is 188 g/mol. The Morgan fingerprint density at radius 1 is 1.29 bits per heavy atom. The van der Waals surface area contributed by atoms with E-state index >= 15 is 0 Å². The van der Waals surface area contributed by atoms with Gasteiger partial charge in [0.15, 0.2) is 11.4 Å². The molecule has 2 nitrogen and oxygen atoms in total. The zero-order valence-electron chi connectivity index (χ0n) is 8.33. The second-order valence-electron chi connectivity index (χ2n) is 4.56. The molecule has 1 aromatic rings. The zero-order chi connectivity index (χ0) is 9.97. The minimum absolute atomic E-state index is 0.0966. The molecule has 3 rings (SSSR count). The molecule has 14 heavy (non-hydrogen) atoms. The van der Waals surface area contributed by atoms with Crippen LogP contribution in [0, 0.1) is 0 Å². The summed E-state index contributed by atoms with van der Waals surface area (Å²) in [6.45, 7) is 4.01. The Labute approximate surface area is 82.9 Å². The van der Waals surface area contributed by atoms with Crippen LogP contribution in [0.5, 0.6) is 5.75 Å². The number of Topliss-reactive ketones (excluding diaryl/α,β-unsaturated/α-hetero) is 1. The largest absolute Gasteiger partial charge is 0.479 e. The van der Waals surface area contributed by atoms with Crippen molar-refractivity contribution in [3.63, 3.8) is 0 Å². The summed E-state index contributed by atoms with van der Waals surface area (Å²) in [6, 6.07) is 7.95. The fourth-order valence-corrected chi connectivity index (χ4v) is 2.61. The number of rotatable bonds is 0. The molecule has 0 radical (unpaired) electrons. The standard InChI is InChI=1S/C12H12O2/c1-11-7-10(13)12(11,2)14-9-6-4-3-5-8(9)11/h3-6H,7H2,1-2H3/t11-,12-/m0/s1. The number of para-hydroxylation sites is 1. The lowest BCUT2D eigenvalue weighted by atomic mass is 9.56. The van der Waals surface area contributed by atoms with Gasteiger partial charge in [-0.1, -0.05) is 25.1 Å². The minimum Gasteiger partial charge on any atom is -0.479 e. The lowest BCUT2D eigenvalue weighted by Crippen LogP contribution is -2.64. The first-order chi connectivity index (χ1) is 6.58. The van der Waals surface area contributed by atoms with E-state index in [4.69, 9.17) is 4.74 Å². The van der Waals surface area contributed by atoms with E-state index in [0.717, 1.165) is 5.75 Å². The Morgan fingerprint density at radius 2 is 2.00 bits per heavy atom. The molecule has 0 saturated heterocycles. The van der Waals surface area contributed by atoms with Gasteiger partial charge < -0.3 is 4.74 Å². The van der Waals surface area contributed by atoms with Crippen LogP contribution in [0.3, 0.4) is 0 Å². The van der Waals surface area contributed by atoms with Gasteiger partial charge in [-0.15, -0.1) is 0 Å². The predicted octanol–water partition coefficient (Wildman–Crippen LogP) is 2.07. The Morgan fingerprint density at radius 3 is 2.71 bits per heavy atom. The van der Waals surface area contributed by atoms with Crippen molar-refractivity contribution in [3.05, 3.63) is 29.8 Å². The first-order valence-corrected chi connectivity index (χ1v) is 4.90. The highest BCUT2D eigenvalue weighted by Gasteiger charge is 2.67. The van der Waals surface area contributed by atoms with Gasteiger partial charge in [-0.25, -0.2) is 0 Å². The number of hydrogen-bond donors (Lipinski definition) is 0. The van der Waals surface area contributed by atoms with Crippen LogP contribution in [0.2, 0.25) is 0 Å². The molecular formula is C12H12O2. The van der Waals surface area contributed by atoms with Crippen molar-refractivity contribution < 1.29 is 9.53 Å². The third-order valence-corrected chi connectivity index (χ3v) is 3.89. The van der Waals surface area contributed by atoms with Crippen molar-refractivity contribution >= 4 is 5.78 Å². The maximum atomic E-state index is 11.6. The third-order valence-electron chi connectivity index (χ3n) is 3.89. The van der Waals surface area contributed by atoms with E-state index in [1.807, 2.05) is 25.1 Å². The van der Waals surface area contributed by atoms with Crippen molar-refractivity contribution in [3.8, 4) is 5.75 Å². The van der Waals surface area contributed by atoms with Gasteiger partial charge in [0.1, 0.15) is 5.75 Å². The second kappa shape index (κ2) is 2.02. The molecule has 0 bridgehead atoms. The highest BCUT2D eigenvalue weighted by molar-refractivity contribution is 5.99. The first-order valence-electron chi connectivity index (χ1n) is 4.90. The fraction of sp³-hybridized carbons (Fsp3) is 0.417. The first kappa shape index (κ1) is 8.04. The molecule has 1 fully saturated rings. The highest BCUT2D eigenvalue weighted by atomic mass is 16.5. The summed E-state index contributed by atoms with van der Waals surface area (Å²) in [5.74, 6) is 1.10. The van der Waals surface area contributed by atoms with E-state index in [1.165, 1.54) is 5.56 Å². The molecule has 0 amide bonds. The van der Waals surface area contributed by atoms with E-state index < -0.39 is 5.60 Å². The topological polar surface area (TPSA) is 26.3 Å². The molecule has 0 unspecified atom stereocenters. The van der Waals surface area contributed by atoms with Crippen LogP contribution in [0.15, 0.2) is 24.3 Å². The third kappa shape index (κ3) is 0.606. The van der Waals surface area contributed by atoms with Crippen molar-refractivity contribution in [2.24, 2.45) is 0 Å². The van der Waals surface area contributed by atoms with Crippen LogP contribution >= 0.6 is 0 Å². The second-order valence-corrected chi connectivity index (χ2v) is 4.56. The molecule has 2 atom stereocenters. The van der Waals surface area contributed by atoms with Crippen molar-refractivity contribution in [2.75, 3.05) is 0 Å². The predicted molar refractivity (Wildman–Crippen MR) is 52.5 cm³/mol. The summed E-state index contributed by atoms with van der Waals surface area (Å²) >= 11 is 0. The number of carbonyl (C=O) groups excluding carboxylic acids is 1. The average Bonchev–Trinajstić information content (AvgIpc) is 2.34. The van der Waals surface area contributed by atoms with Crippen LogP contribution in [0.1, 0.15) is 25.8 Å². The molecule has 1 saturated carbocycles. The maximum Gasteiger partial charge on any atom is 0.178 e. The van der Waals surface area contributed by atoms with E-state index in [-0.39, 0.29) is 11.2 Å². The summed E-state index contributed by atoms with van der Waals surface area (Å²) in [4.78, 5) is 11.6. The van der Waals surface area contributed by atoms with Crippen LogP contribution in [-0.2, 0) is 10.2 Å². The summed E-state index contributed by atoms with van der Waals surface area (Å²) in [6.07, 6.45) is 0.612.